The number of benzene rings is 2. The third-order valence-electron chi connectivity index (χ3n) is 5.80. The number of halogens is 2. The van der Waals surface area contributed by atoms with Crippen LogP contribution in [-0.4, -0.2) is 11.0 Å². The van der Waals surface area contributed by atoms with Gasteiger partial charge in [-0.1, -0.05) is 108 Å². The van der Waals surface area contributed by atoms with Gasteiger partial charge in [0, 0.05) is 11.0 Å². The first-order valence-corrected chi connectivity index (χ1v) is 12.0. The van der Waals surface area contributed by atoms with Crippen LogP contribution in [0.15, 0.2) is 77.9 Å². The van der Waals surface area contributed by atoms with E-state index in [0.717, 1.165) is 6.42 Å². The van der Waals surface area contributed by atoms with E-state index in [1.807, 2.05) is 0 Å². The standard InChI is InChI=1S/C17H15.C8H11.C6H14.CH3.2ClH.Si.Zr/c1-2-13-11-15-9-6-10-16(17(15)12-13)14-7-4-3-5-8-14;1-6-4-7(2)8(3)5-6;1-3-5-6-4-2;;;;;/h3-12H,2H2,1H3;4,6H,1-3H3;3-6H2,1-2H3;1H3;2*1H;;/q2*-1;;-1;;;;+3. The van der Waals surface area contributed by atoms with E-state index < -0.39 is 0 Å². The minimum Gasteiger partial charge on any atom is -0.358 e. The van der Waals surface area contributed by atoms with Gasteiger partial charge in [0.25, 0.3) is 0 Å². The Morgan fingerprint density at radius 1 is 0.861 bits per heavy atom. The molecule has 1 aliphatic rings. The molecule has 4 heteroatoms. The van der Waals surface area contributed by atoms with Gasteiger partial charge in [-0.3, -0.25) is 6.08 Å². The van der Waals surface area contributed by atoms with E-state index >= 15 is 0 Å². The molecule has 3 aromatic rings. The van der Waals surface area contributed by atoms with E-state index in [-0.39, 0.29) is 69.4 Å². The zero-order valence-corrected chi connectivity index (χ0v) is 28.4. The van der Waals surface area contributed by atoms with Crippen LogP contribution in [0.2, 0.25) is 0 Å². The molecular formula is C32H45Cl2SiZr. The Morgan fingerprint density at radius 3 is 1.86 bits per heavy atom. The zero-order valence-electron chi connectivity index (χ0n) is 23.3. The maximum absolute atomic E-state index is 3.29. The quantitative estimate of drug-likeness (QED) is 0.151. The van der Waals surface area contributed by atoms with Crippen LogP contribution in [0.1, 0.15) is 72.8 Å². The van der Waals surface area contributed by atoms with Gasteiger partial charge in [-0.15, -0.1) is 66.3 Å². The average molecular weight is 620 g/mol. The number of unbranched alkanes of at least 4 members (excludes halogenated alkanes) is 3. The van der Waals surface area contributed by atoms with Crippen LogP contribution in [0.4, 0.5) is 0 Å². The Hall–Kier alpha value is -0.790. The molecule has 4 rings (SSSR count). The SMILES string of the molecule is CC1=[C-]C(C)C=C1C.CCCCCC.CCc1cc2c(-c3ccccc3)cccc2[cH-]1.Cl.Cl.[CH3-].[Si].[Zr+3]. The van der Waals surface area contributed by atoms with Gasteiger partial charge in [-0.05, 0) is 12.0 Å². The summed E-state index contributed by atoms with van der Waals surface area (Å²) in [4.78, 5) is 0. The molecule has 0 aromatic heterocycles. The molecule has 1 atom stereocenters. The molecule has 0 aliphatic heterocycles. The summed E-state index contributed by atoms with van der Waals surface area (Å²) in [7, 11) is 0. The molecule has 3 aromatic carbocycles. The van der Waals surface area contributed by atoms with Crippen LogP contribution < -0.4 is 0 Å². The number of hydrogen-bond acceptors (Lipinski definition) is 0. The molecule has 0 fully saturated rings. The first-order chi connectivity index (χ1) is 15.0. The van der Waals surface area contributed by atoms with Gasteiger partial charge in [0.2, 0.25) is 0 Å². The third-order valence-corrected chi connectivity index (χ3v) is 5.80. The molecule has 1 unspecified atom stereocenters. The number of hydrogen-bond donors (Lipinski definition) is 0. The predicted octanol–water partition coefficient (Wildman–Crippen LogP) is 10.6. The summed E-state index contributed by atoms with van der Waals surface area (Å²) >= 11 is 0. The first kappa shape index (κ1) is 42.3. The largest absolute Gasteiger partial charge is 3.00 e. The molecule has 0 amide bonds. The fourth-order valence-corrected chi connectivity index (χ4v) is 3.87. The van der Waals surface area contributed by atoms with Crippen molar-refractivity contribution in [3.63, 3.8) is 0 Å². The van der Waals surface area contributed by atoms with Gasteiger partial charge in [0.05, 0.1) is 0 Å². The summed E-state index contributed by atoms with van der Waals surface area (Å²) < 4.78 is 0. The molecule has 195 valence electrons. The van der Waals surface area contributed by atoms with Crippen LogP contribution in [-0.2, 0) is 32.6 Å². The molecule has 0 spiro atoms. The van der Waals surface area contributed by atoms with Crippen LogP contribution in [0.25, 0.3) is 21.9 Å². The summed E-state index contributed by atoms with van der Waals surface area (Å²) in [5.41, 5.74) is 6.76. The fourth-order valence-electron chi connectivity index (χ4n) is 3.87. The Kier molecular flexibility index (Phi) is 27.4. The van der Waals surface area contributed by atoms with Crippen molar-refractivity contribution >= 4 is 46.6 Å². The predicted molar refractivity (Wildman–Crippen MR) is 166 cm³/mol. The normalized spacial score (nSPS) is 12.8. The molecule has 36 heavy (non-hydrogen) atoms. The molecule has 0 saturated heterocycles. The van der Waals surface area contributed by atoms with Gasteiger partial charge in [-0.2, -0.15) is 12.1 Å². The van der Waals surface area contributed by atoms with Crippen molar-refractivity contribution < 1.29 is 26.2 Å². The number of rotatable bonds is 5. The third kappa shape index (κ3) is 13.7. The maximum Gasteiger partial charge on any atom is 3.00 e. The van der Waals surface area contributed by atoms with Crippen molar-refractivity contribution in [1.82, 2.24) is 0 Å². The average Bonchev–Trinajstić information content (AvgIpc) is 3.35. The van der Waals surface area contributed by atoms with E-state index in [2.05, 4.69) is 114 Å². The molecule has 0 nitrogen and oxygen atoms in total. The van der Waals surface area contributed by atoms with Gasteiger partial charge >= 0.3 is 26.2 Å². The van der Waals surface area contributed by atoms with E-state index in [9.17, 15) is 0 Å². The fraction of sp³-hybridized carbons (Fsp3) is 0.375. The van der Waals surface area contributed by atoms with Gasteiger partial charge in [0.1, 0.15) is 0 Å². The van der Waals surface area contributed by atoms with Crippen molar-refractivity contribution in [3.8, 4) is 11.1 Å². The topological polar surface area (TPSA) is 0 Å². The monoisotopic (exact) mass is 617 g/mol. The molecule has 1 aliphatic carbocycles. The van der Waals surface area contributed by atoms with E-state index in [4.69, 9.17) is 0 Å². The van der Waals surface area contributed by atoms with Gasteiger partial charge in [0.15, 0.2) is 0 Å². The minimum atomic E-state index is 0. The second-order valence-electron chi connectivity index (χ2n) is 8.51. The molecule has 0 bridgehead atoms. The summed E-state index contributed by atoms with van der Waals surface area (Å²) in [6.07, 6.45) is 12.2. The number of fused-ring (bicyclic) bond motifs is 1. The van der Waals surface area contributed by atoms with Gasteiger partial charge in [-0.25, -0.2) is 11.1 Å². The summed E-state index contributed by atoms with van der Waals surface area (Å²) in [6.45, 7) is 13.1. The smallest absolute Gasteiger partial charge is 0.358 e. The van der Waals surface area contributed by atoms with Crippen molar-refractivity contribution in [2.45, 2.75) is 73.6 Å². The van der Waals surface area contributed by atoms with Crippen molar-refractivity contribution in [2.24, 2.45) is 5.92 Å². The second kappa shape index (κ2) is 23.3. The van der Waals surface area contributed by atoms with Gasteiger partial charge < -0.3 is 7.43 Å². The zero-order chi connectivity index (χ0) is 22.6. The van der Waals surface area contributed by atoms with E-state index in [1.54, 1.807) is 0 Å². The summed E-state index contributed by atoms with van der Waals surface area (Å²) in [6, 6.07) is 21.8. The first-order valence-electron chi connectivity index (χ1n) is 12.0. The summed E-state index contributed by atoms with van der Waals surface area (Å²) in [5, 5.41) is 2.72. The molecule has 0 heterocycles. The van der Waals surface area contributed by atoms with Crippen molar-refractivity contribution in [3.05, 3.63) is 97.0 Å². The van der Waals surface area contributed by atoms with E-state index in [1.165, 1.54) is 64.3 Å². The van der Waals surface area contributed by atoms with Crippen LogP contribution in [0.3, 0.4) is 0 Å². The Labute approximate surface area is 258 Å². The molecule has 0 N–H and O–H groups in total. The molecule has 0 saturated carbocycles. The van der Waals surface area contributed by atoms with Crippen molar-refractivity contribution in [2.75, 3.05) is 0 Å². The van der Waals surface area contributed by atoms with Crippen LogP contribution in [0.5, 0.6) is 0 Å². The summed E-state index contributed by atoms with van der Waals surface area (Å²) in [5.74, 6) is 0.551. The van der Waals surface area contributed by atoms with Crippen molar-refractivity contribution in [1.29, 1.82) is 0 Å². The molecule has 5 radical (unpaired) electrons. The number of allylic oxidation sites excluding steroid dienone is 4. The van der Waals surface area contributed by atoms with E-state index in [0.29, 0.717) is 5.92 Å². The minimum absolute atomic E-state index is 0. The number of aryl methyl sites for hydroxylation is 1. The van der Waals surface area contributed by atoms with Crippen LogP contribution >= 0.6 is 24.8 Å². The second-order valence-corrected chi connectivity index (χ2v) is 8.51. The Morgan fingerprint density at radius 2 is 1.44 bits per heavy atom. The maximum atomic E-state index is 3.29. The molecular weight excluding hydrogens is 575 g/mol. The van der Waals surface area contributed by atoms with Crippen LogP contribution in [0, 0.1) is 19.4 Å². The Balaban J connectivity index is -0.000000232. The Bertz CT molecular complexity index is 968.